The van der Waals surface area contributed by atoms with Crippen LogP contribution in [0.1, 0.15) is 13.8 Å². The number of hydrogen-bond donors (Lipinski definition) is 0. The summed E-state index contributed by atoms with van der Waals surface area (Å²) in [5, 5.41) is 3.51. The highest BCUT2D eigenvalue weighted by Gasteiger charge is 2.17. The summed E-state index contributed by atoms with van der Waals surface area (Å²) in [6.07, 6.45) is 0.0551. The van der Waals surface area contributed by atoms with Crippen LogP contribution in [0.4, 0.5) is 0 Å². The van der Waals surface area contributed by atoms with Crippen LogP contribution in [-0.2, 0) is 13.9 Å². The summed E-state index contributed by atoms with van der Waals surface area (Å²) in [5.41, 5.74) is 0. The monoisotopic (exact) mass is 198 g/mol. The number of ether oxygens (including phenoxy) is 1. The zero-order valence-electron chi connectivity index (χ0n) is 6.41. The molecule has 0 saturated carbocycles. The van der Waals surface area contributed by atoms with Crippen molar-refractivity contribution in [1.82, 2.24) is 0 Å². The SMILES string of the molecule is CCOC[P+](=O)ON=C(C)Cl. The highest BCUT2D eigenvalue weighted by Crippen LogP contribution is 2.22. The van der Waals surface area contributed by atoms with Gasteiger partial charge in [-0.05, 0) is 23.6 Å². The molecule has 0 aromatic heterocycles. The summed E-state index contributed by atoms with van der Waals surface area (Å²) in [6, 6.07) is 0. The molecule has 0 aliphatic heterocycles. The molecule has 6 heteroatoms. The van der Waals surface area contributed by atoms with Crippen molar-refractivity contribution in [3.05, 3.63) is 0 Å². The van der Waals surface area contributed by atoms with Gasteiger partial charge < -0.3 is 4.74 Å². The third-order valence-electron chi connectivity index (χ3n) is 0.659. The van der Waals surface area contributed by atoms with Gasteiger partial charge in [0.05, 0.1) is 0 Å². The number of oxime groups is 1. The van der Waals surface area contributed by atoms with Crippen LogP contribution in [0.3, 0.4) is 0 Å². The van der Waals surface area contributed by atoms with Crippen LogP contribution in [0.5, 0.6) is 0 Å². The fourth-order valence-corrected chi connectivity index (χ4v) is 0.966. The van der Waals surface area contributed by atoms with E-state index >= 15 is 0 Å². The van der Waals surface area contributed by atoms with E-state index in [0.29, 0.717) is 6.61 Å². The summed E-state index contributed by atoms with van der Waals surface area (Å²) in [7, 11) is -1.86. The molecule has 0 radical (unpaired) electrons. The third-order valence-corrected chi connectivity index (χ3v) is 1.38. The van der Waals surface area contributed by atoms with Gasteiger partial charge in [-0.25, -0.2) is 0 Å². The molecule has 0 heterocycles. The fraction of sp³-hybridized carbons (Fsp3) is 0.800. The van der Waals surface area contributed by atoms with Crippen molar-refractivity contribution in [2.75, 3.05) is 13.0 Å². The van der Waals surface area contributed by atoms with Gasteiger partial charge >= 0.3 is 8.03 Å². The molecule has 0 aliphatic rings. The Kier molecular flexibility index (Phi) is 6.42. The Hall–Kier alpha value is -0.180. The van der Waals surface area contributed by atoms with Crippen LogP contribution in [0.25, 0.3) is 0 Å². The van der Waals surface area contributed by atoms with Gasteiger partial charge in [0.2, 0.25) is 0 Å². The normalized spacial score (nSPS) is 13.0. The Bertz CT molecular complexity index is 158. The van der Waals surface area contributed by atoms with Gasteiger partial charge in [0.15, 0.2) is 0 Å². The molecule has 0 amide bonds. The highest BCUT2D eigenvalue weighted by molar-refractivity contribution is 7.38. The Morgan fingerprint density at radius 2 is 2.36 bits per heavy atom. The van der Waals surface area contributed by atoms with Crippen molar-refractivity contribution in [2.24, 2.45) is 5.16 Å². The van der Waals surface area contributed by atoms with Gasteiger partial charge in [0, 0.05) is 6.61 Å². The van der Waals surface area contributed by atoms with Gasteiger partial charge in [-0.3, -0.25) is 0 Å². The predicted octanol–water partition coefficient (Wildman–Crippen LogP) is 2.31. The lowest BCUT2D eigenvalue weighted by molar-refractivity contribution is 0.181. The Morgan fingerprint density at radius 1 is 1.73 bits per heavy atom. The van der Waals surface area contributed by atoms with Crippen LogP contribution in [0.2, 0.25) is 0 Å². The smallest absolute Gasteiger partial charge is 0.335 e. The Balaban J connectivity index is 3.45. The average Bonchev–Trinajstić information content (AvgIpc) is 1.97. The van der Waals surface area contributed by atoms with E-state index in [-0.39, 0.29) is 11.5 Å². The van der Waals surface area contributed by atoms with Gasteiger partial charge in [0.25, 0.3) is 6.35 Å². The summed E-state index contributed by atoms with van der Waals surface area (Å²) >= 11 is 5.31. The maximum absolute atomic E-state index is 10.7. The van der Waals surface area contributed by atoms with Crippen LogP contribution < -0.4 is 0 Å². The molecule has 0 rings (SSSR count). The molecule has 0 aromatic rings. The highest BCUT2D eigenvalue weighted by atomic mass is 35.5. The fourth-order valence-electron chi connectivity index (χ4n) is 0.291. The van der Waals surface area contributed by atoms with E-state index in [9.17, 15) is 4.57 Å². The van der Waals surface area contributed by atoms with Gasteiger partial charge in [-0.15, -0.1) is 4.62 Å². The van der Waals surface area contributed by atoms with E-state index in [1.165, 1.54) is 6.92 Å². The molecule has 4 nitrogen and oxygen atoms in total. The summed E-state index contributed by atoms with van der Waals surface area (Å²) in [5.74, 6) is 0. The molecular formula is C5H10ClNO3P+. The zero-order chi connectivity index (χ0) is 8.69. The van der Waals surface area contributed by atoms with Crippen LogP contribution >= 0.6 is 19.6 Å². The molecule has 64 valence electrons. The number of halogens is 1. The standard InChI is InChI=1S/C5H10ClNO3P/c1-3-9-4-11(8)10-7-5(2)6/h3-4H2,1-2H3/q+1. The average molecular weight is 199 g/mol. The molecule has 11 heavy (non-hydrogen) atoms. The molecule has 0 saturated heterocycles. The first-order valence-corrected chi connectivity index (χ1v) is 4.80. The van der Waals surface area contributed by atoms with E-state index in [1.807, 2.05) is 0 Å². The second-order valence-corrected chi connectivity index (χ2v) is 3.26. The maximum atomic E-state index is 10.7. The topological polar surface area (TPSA) is 47.9 Å². The second-order valence-electron chi connectivity index (χ2n) is 1.62. The molecule has 0 bridgehead atoms. The molecular weight excluding hydrogens is 188 g/mol. The predicted molar refractivity (Wildman–Crippen MR) is 44.1 cm³/mol. The minimum Gasteiger partial charge on any atom is -0.335 e. The summed E-state index contributed by atoms with van der Waals surface area (Å²) < 4.78 is 20.0. The second kappa shape index (κ2) is 6.53. The Morgan fingerprint density at radius 3 is 2.82 bits per heavy atom. The summed E-state index contributed by atoms with van der Waals surface area (Å²) in [4.78, 5) is 0. The van der Waals surface area contributed by atoms with Crippen LogP contribution in [0, 0.1) is 0 Å². The van der Waals surface area contributed by atoms with Crippen LogP contribution in [0.15, 0.2) is 5.16 Å². The van der Waals surface area contributed by atoms with Crippen LogP contribution in [-0.4, -0.2) is 18.1 Å². The van der Waals surface area contributed by atoms with Crippen molar-refractivity contribution in [2.45, 2.75) is 13.8 Å². The van der Waals surface area contributed by atoms with Gasteiger partial charge in [-0.1, -0.05) is 11.6 Å². The van der Waals surface area contributed by atoms with E-state index in [2.05, 4.69) is 9.78 Å². The molecule has 0 fully saturated rings. The molecule has 0 aromatic carbocycles. The first-order valence-electron chi connectivity index (χ1n) is 3.06. The van der Waals surface area contributed by atoms with Crippen molar-refractivity contribution < 1.29 is 13.9 Å². The van der Waals surface area contributed by atoms with Crippen molar-refractivity contribution >= 4 is 24.8 Å². The maximum Gasteiger partial charge on any atom is 0.610 e. The first-order chi connectivity index (χ1) is 5.16. The molecule has 1 atom stereocenters. The van der Waals surface area contributed by atoms with Crippen molar-refractivity contribution in [1.29, 1.82) is 0 Å². The van der Waals surface area contributed by atoms with Gasteiger partial charge in [-0.2, -0.15) is 0 Å². The lowest BCUT2D eigenvalue weighted by Gasteiger charge is -1.86. The summed E-state index contributed by atoms with van der Waals surface area (Å²) in [6.45, 7) is 3.85. The van der Waals surface area contributed by atoms with E-state index in [0.717, 1.165) is 0 Å². The molecule has 0 spiro atoms. The largest absolute Gasteiger partial charge is 0.610 e. The number of rotatable bonds is 5. The van der Waals surface area contributed by atoms with Crippen molar-refractivity contribution in [3.63, 3.8) is 0 Å². The van der Waals surface area contributed by atoms with Gasteiger partial charge in [0.1, 0.15) is 5.17 Å². The third kappa shape index (κ3) is 7.72. The molecule has 1 unspecified atom stereocenters. The minimum absolute atomic E-state index is 0.0551. The van der Waals surface area contributed by atoms with E-state index in [4.69, 9.17) is 16.3 Å². The lowest BCUT2D eigenvalue weighted by Crippen LogP contribution is -1.88. The number of nitrogens with zero attached hydrogens (tertiary/aromatic N) is 1. The number of hydrogen-bond acceptors (Lipinski definition) is 4. The quantitative estimate of drug-likeness (QED) is 0.387. The first kappa shape index (κ1) is 10.8. The van der Waals surface area contributed by atoms with E-state index in [1.54, 1.807) is 6.92 Å². The Labute approximate surface area is 71.4 Å². The lowest BCUT2D eigenvalue weighted by atomic mass is 10.9. The van der Waals surface area contributed by atoms with Crippen molar-refractivity contribution in [3.8, 4) is 0 Å². The van der Waals surface area contributed by atoms with E-state index < -0.39 is 8.03 Å². The molecule has 0 N–H and O–H groups in total. The minimum atomic E-state index is -1.86. The zero-order valence-corrected chi connectivity index (χ0v) is 8.06. The molecule has 0 aliphatic carbocycles.